The van der Waals surface area contributed by atoms with Crippen LogP contribution in [0.5, 0.6) is 5.75 Å². The van der Waals surface area contributed by atoms with Crippen LogP contribution in [-0.2, 0) is 11.0 Å². The first-order valence-corrected chi connectivity index (χ1v) is 7.08. The van der Waals surface area contributed by atoms with Gasteiger partial charge < -0.3 is 10.1 Å². The van der Waals surface area contributed by atoms with E-state index in [9.17, 15) is 22.8 Å². The highest BCUT2D eigenvalue weighted by Crippen LogP contribution is 2.35. The molecule has 0 unspecified atom stereocenters. The van der Waals surface area contributed by atoms with Gasteiger partial charge >= 0.3 is 12.1 Å². The Bertz CT molecular complexity index is 715. The van der Waals surface area contributed by atoms with E-state index in [1.165, 1.54) is 12.1 Å². The topological polar surface area (TPSA) is 55.4 Å². The molecule has 7 heteroatoms. The van der Waals surface area contributed by atoms with Crippen molar-refractivity contribution in [1.29, 1.82) is 0 Å². The van der Waals surface area contributed by atoms with Gasteiger partial charge in [-0.05, 0) is 24.3 Å². The molecule has 0 aliphatic rings. The second-order valence-electron chi connectivity index (χ2n) is 4.84. The molecule has 2 aromatic carbocycles. The monoisotopic (exact) mass is 337 g/mol. The number of rotatable bonds is 5. The first-order valence-electron chi connectivity index (χ1n) is 7.08. The number of nitrogens with one attached hydrogen (secondary N) is 1. The zero-order valence-electron chi connectivity index (χ0n) is 12.5. The van der Waals surface area contributed by atoms with E-state index >= 15 is 0 Å². The number of hydrogen-bond donors (Lipinski definition) is 1. The fourth-order valence-corrected chi connectivity index (χ4v) is 1.93. The molecule has 0 aliphatic carbocycles. The average Bonchev–Trinajstić information content (AvgIpc) is 2.55. The zero-order valence-corrected chi connectivity index (χ0v) is 12.5. The number of halogens is 3. The number of amides is 1. The Morgan fingerprint density at radius 3 is 2.25 bits per heavy atom. The number of carbonyl (C=O) groups is 2. The maximum absolute atomic E-state index is 12.8. The molecule has 0 saturated heterocycles. The van der Waals surface area contributed by atoms with Crippen molar-refractivity contribution in [1.82, 2.24) is 5.32 Å². The van der Waals surface area contributed by atoms with Crippen molar-refractivity contribution in [2.45, 2.75) is 12.6 Å². The lowest BCUT2D eigenvalue weighted by Gasteiger charge is -2.12. The molecule has 0 spiro atoms. The van der Waals surface area contributed by atoms with Gasteiger partial charge in [-0.15, -0.1) is 0 Å². The van der Waals surface area contributed by atoms with Gasteiger partial charge in [-0.25, -0.2) is 0 Å². The van der Waals surface area contributed by atoms with Crippen LogP contribution >= 0.6 is 0 Å². The molecule has 0 fully saturated rings. The average molecular weight is 337 g/mol. The quantitative estimate of drug-likeness (QED) is 0.672. The molecule has 1 amide bonds. The molecule has 24 heavy (non-hydrogen) atoms. The third kappa shape index (κ3) is 4.84. The molecule has 126 valence electrons. The van der Waals surface area contributed by atoms with Gasteiger partial charge in [0.25, 0.3) is 5.91 Å². The SMILES string of the molecule is O=C(CCNC(=O)c1ccccc1)Oc1ccccc1C(F)(F)F. The van der Waals surface area contributed by atoms with Crippen molar-refractivity contribution in [3.63, 3.8) is 0 Å². The molecule has 1 N–H and O–H groups in total. The Labute approximate surface area is 136 Å². The van der Waals surface area contributed by atoms with E-state index in [4.69, 9.17) is 4.74 Å². The third-order valence-electron chi connectivity index (χ3n) is 3.07. The summed E-state index contributed by atoms with van der Waals surface area (Å²) in [6, 6.07) is 12.8. The molecular formula is C17H14F3NO3. The van der Waals surface area contributed by atoms with Crippen molar-refractivity contribution in [2.24, 2.45) is 0 Å². The van der Waals surface area contributed by atoms with Crippen LogP contribution in [0.1, 0.15) is 22.3 Å². The van der Waals surface area contributed by atoms with Crippen LogP contribution in [0.25, 0.3) is 0 Å². The Morgan fingerprint density at radius 2 is 1.58 bits per heavy atom. The largest absolute Gasteiger partial charge is 0.426 e. The predicted molar refractivity (Wildman–Crippen MR) is 80.5 cm³/mol. The van der Waals surface area contributed by atoms with Gasteiger partial charge in [0.2, 0.25) is 0 Å². The van der Waals surface area contributed by atoms with Crippen LogP contribution < -0.4 is 10.1 Å². The number of benzene rings is 2. The van der Waals surface area contributed by atoms with Gasteiger partial charge in [0, 0.05) is 12.1 Å². The number of esters is 1. The fraction of sp³-hybridized carbons (Fsp3) is 0.176. The molecular weight excluding hydrogens is 323 g/mol. The predicted octanol–water partition coefficient (Wildman–Crippen LogP) is 3.43. The molecule has 4 nitrogen and oxygen atoms in total. The van der Waals surface area contributed by atoms with Crippen LogP contribution in [0.4, 0.5) is 13.2 Å². The lowest BCUT2D eigenvalue weighted by atomic mass is 10.2. The summed E-state index contributed by atoms with van der Waals surface area (Å²) in [7, 11) is 0. The summed E-state index contributed by atoms with van der Waals surface area (Å²) in [4.78, 5) is 23.4. The Morgan fingerprint density at radius 1 is 0.958 bits per heavy atom. The third-order valence-corrected chi connectivity index (χ3v) is 3.07. The normalized spacial score (nSPS) is 11.0. The molecule has 0 bridgehead atoms. The molecule has 0 saturated carbocycles. The van der Waals surface area contributed by atoms with Crippen LogP contribution in [0.3, 0.4) is 0 Å². The van der Waals surface area contributed by atoms with E-state index in [2.05, 4.69) is 5.32 Å². The Hall–Kier alpha value is -2.83. The van der Waals surface area contributed by atoms with E-state index in [1.807, 2.05) is 0 Å². The Balaban J connectivity index is 1.88. The van der Waals surface area contributed by atoms with Crippen molar-refractivity contribution >= 4 is 11.9 Å². The summed E-state index contributed by atoms with van der Waals surface area (Å²) in [5.74, 6) is -1.79. The fourth-order valence-electron chi connectivity index (χ4n) is 1.93. The van der Waals surface area contributed by atoms with Crippen LogP contribution in [0.15, 0.2) is 54.6 Å². The summed E-state index contributed by atoms with van der Waals surface area (Å²) in [6.07, 6.45) is -4.86. The summed E-state index contributed by atoms with van der Waals surface area (Å²) < 4.78 is 43.1. The van der Waals surface area contributed by atoms with Gasteiger partial charge in [0.1, 0.15) is 5.75 Å². The first-order chi connectivity index (χ1) is 11.4. The molecule has 2 aromatic rings. The second-order valence-corrected chi connectivity index (χ2v) is 4.84. The van der Waals surface area contributed by atoms with Gasteiger partial charge in [0.15, 0.2) is 0 Å². The Kier molecular flexibility index (Phi) is 5.57. The molecule has 0 aliphatic heterocycles. The van der Waals surface area contributed by atoms with Crippen molar-refractivity contribution in [3.05, 3.63) is 65.7 Å². The maximum Gasteiger partial charge on any atom is 0.419 e. The van der Waals surface area contributed by atoms with Crippen molar-refractivity contribution in [3.8, 4) is 5.75 Å². The zero-order chi connectivity index (χ0) is 17.6. The summed E-state index contributed by atoms with van der Waals surface area (Å²) in [6.45, 7) is -0.0409. The number of para-hydroxylation sites is 1. The van der Waals surface area contributed by atoms with Gasteiger partial charge in [-0.2, -0.15) is 13.2 Å². The van der Waals surface area contributed by atoms with Crippen LogP contribution in [0, 0.1) is 0 Å². The lowest BCUT2D eigenvalue weighted by molar-refractivity contribution is -0.142. The minimum absolute atomic E-state index is 0.0409. The van der Waals surface area contributed by atoms with Gasteiger partial charge in [-0.1, -0.05) is 30.3 Å². The minimum atomic E-state index is -4.61. The number of alkyl halides is 3. The first kappa shape index (κ1) is 17.5. The highest BCUT2D eigenvalue weighted by atomic mass is 19.4. The van der Waals surface area contributed by atoms with E-state index in [0.717, 1.165) is 12.1 Å². The van der Waals surface area contributed by atoms with E-state index in [-0.39, 0.29) is 18.9 Å². The summed E-state index contributed by atoms with van der Waals surface area (Å²) >= 11 is 0. The highest BCUT2D eigenvalue weighted by Gasteiger charge is 2.34. The van der Waals surface area contributed by atoms with Gasteiger partial charge in [-0.3, -0.25) is 9.59 Å². The van der Waals surface area contributed by atoms with E-state index in [0.29, 0.717) is 5.56 Å². The molecule has 0 atom stereocenters. The number of ether oxygens (including phenoxy) is 1. The molecule has 0 heterocycles. The summed E-state index contributed by atoms with van der Waals surface area (Å²) in [5.41, 5.74) is -0.597. The minimum Gasteiger partial charge on any atom is -0.426 e. The second kappa shape index (κ2) is 7.63. The van der Waals surface area contributed by atoms with Crippen LogP contribution in [-0.4, -0.2) is 18.4 Å². The van der Waals surface area contributed by atoms with E-state index in [1.54, 1.807) is 30.3 Å². The lowest BCUT2D eigenvalue weighted by Crippen LogP contribution is -2.27. The maximum atomic E-state index is 12.8. The number of hydrogen-bond acceptors (Lipinski definition) is 3. The molecule has 0 aromatic heterocycles. The summed E-state index contributed by atoms with van der Waals surface area (Å²) in [5, 5.41) is 2.50. The molecule has 2 rings (SSSR count). The van der Waals surface area contributed by atoms with Crippen LogP contribution in [0.2, 0.25) is 0 Å². The number of carbonyl (C=O) groups excluding carboxylic acids is 2. The van der Waals surface area contributed by atoms with E-state index < -0.39 is 23.5 Å². The van der Waals surface area contributed by atoms with Gasteiger partial charge in [0.05, 0.1) is 12.0 Å². The highest BCUT2D eigenvalue weighted by molar-refractivity contribution is 5.94. The molecule has 0 radical (unpaired) electrons. The standard InChI is InChI=1S/C17H14F3NO3/c18-17(19,20)13-8-4-5-9-14(13)24-15(22)10-11-21-16(23)12-6-2-1-3-7-12/h1-9H,10-11H2,(H,21,23). The van der Waals surface area contributed by atoms with Crippen molar-refractivity contribution < 1.29 is 27.5 Å². The smallest absolute Gasteiger partial charge is 0.419 e. The van der Waals surface area contributed by atoms with Crippen molar-refractivity contribution in [2.75, 3.05) is 6.54 Å².